The molecule has 1 saturated heterocycles. The number of likely N-dealkylation sites (N-methyl/N-ethyl adjacent to an activating group) is 2. The molecule has 5 nitrogen and oxygen atoms in total. The van der Waals surface area contributed by atoms with Gasteiger partial charge in [0.15, 0.2) is 0 Å². The molecule has 6 heteroatoms. The summed E-state index contributed by atoms with van der Waals surface area (Å²) in [6.45, 7) is 3.89. The predicted molar refractivity (Wildman–Crippen MR) is 89.7 cm³/mol. The molecule has 1 heterocycles. The van der Waals surface area contributed by atoms with Crippen LogP contribution < -0.4 is 10.6 Å². The summed E-state index contributed by atoms with van der Waals surface area (Å²) in [5.74, 6) is 0.170. The number of nitrogens with zero attached hydrogens (tertiary/aromatic N) is 3. The summed E-state index contributed by atoms with van der Waals surface area (Å²) in [4.78, 5) is 18.8. The molecule has 0 aliphatic carbocycles. The van der Waals surface area contributed by atoms with Gasteiger partial charge in [-0.1, -0.05) is 12.2 Å². The molecule has 1 aromatic carbocycles. The number of thiocarbonyl (C=S) groups is 1. The lowest BCUT2D eigenvalue weighted by Crippen LogP contribution is -2.49. The summed E-state index contributed by atoms with van der Waals surface area (Å²) in [6.07, 6.45) is 0. The molecule has 0 saturated carbocycles. The lowest BCUT2D eigenvalue weighted by molar-refractivity contribution is -0.131. The molecule has 0 bridgehead atoms. The van der Waals surface area contributed by atoms with Gasteiger partial charge >= 0.3 is 0 Å². The largest absolute Gasteiger partial charge is 0.389 e. The van der Waals surface area contributed by atoms with Gasteiger partial charge in [-0.3, -0.25) is 4.79 Å². The molecule has 2 rings (SSSR count). The van der Waals surface area contributed by atoms with Crippen molar-refractivity contribution in [3.05, 3.63) is 29.8 Å². The van der Waals surface area contributed by atoms with E-state index < -0.39 is 0 Å². The Hall–Kier alpha value is -1.66. The summed E-state index contributed by atoms with van der Waals surface area (Å²) in [6, 6.07) is 7.64. The highest BCUT2D eigenvalue weighted by Crippen LogP contribution is 2.14. The molecule has 1 aliphatic heterocycles. The van der Waals surface area contributed by atoms with Gasteiger partial charge in [-0.25, -0.2) is 0 Å². The number of benzene rings is 1. The van der Waals surface area contributed by atoms with Crippen molar-refractivity contribution in [1.29, 1.82) is 0 Å². The van der Waals surface area contributed by atoms with Crippen molar-refractivity contribution < 1.29 is 4.79 Å². The first-order valence-corrected chi connectivity index (χ1v) is 7.45. The minimum atomic E-state index is 0.170. The second-order valence-corrected chi connectivity index (χ2v) is 5.89. The maximum absolute atomic E-state index is 12.3. The topological polar surface area (TPSA) is 52.8 Å². The van der Waals surface area contributed by atoms with Gasteiger partial charge in [0.2, 0.25) is 5.91 Å². The third-order valence-corrected chi connectivity index (χ3v) is 4.06. The maximum atomic E-state index is 12.3. The molecule has 0 aromatic heterocycles. The number of hydrogen-bond donors (Lipinski definition) is 1. The van der Waals surface area contributed by atoms with Crippen LogP contribution in [0.1, 0.15) is 5.56 Å². The first-order valence-electron chi connectivity index (χ1n) is 7.04. The minimum Gasteiger partial charge on any atom is -0.389 e. The van der Waals surface area contributed by atoms with Gasteiger partial charge in [0.25, 0.3) is 0 Å². The van der Waals surface area contributed by atoms with Gasteiger partial charge in [0.1, 0.15) is 4.99 Å². The Morgan fingerprint density at radius 1 is 1.24 bits per heavy atom. The lowest BCUT2D eigenvalue weighted by Gasteiger charge is -2.33. The zero-order chi connectivity index (χ0) is 15.4. The van der Waals surface area contributed by atoms with Crippen LogP contribution >= 0.6 is 12.2 Å². The van der Waals surface area contributed by atoms with Gasteiger partial charge in [-0.05, 0) is 31.3 Å². The van der Waals surface area contributed by atoms with E-state index in [4.69, 9.17) is 18.0 Å². The quantitative estimate of drug-likeness (QED) is 0.823. The van der Waals surface area contributed by atoms with Gasteiger partial charge in [0, 0.05) is 44.5 Å². The second kappa shape index (κ2) is 6.87. The van der Waals surface area contributed by atoms with Gasteiger partial charge in [-0.2, -0.15) is 0 Å². The Morgan fingerprint density at radius 3 is 2.33 bits per heavy atom. The summed E-state index contributed by atoms with van der Waals surface area (Å²) < 4.78 is 0. The number of anilines is 1. The van der Waals surface area contributed by atoms with E-state index in [0.29, 0.717) is 11.5 Å². The van der Waals surface area contributed by atoms with Crippen molar-refractivity contribution >= 4 is 28.8 Å². The smallest absolute Gasteiger partial charge is 0.242 e. The number of carbonyl (C=O) groups is 1. The molecule has 21 heavy (non-hydrogen) atoms. The van der Waals surface area contributed by atoms with Crippen molar-refractivity contribution in [3.63, 3.8) is 0 Å². The number of nitrogens with two attached hydrogens (primary N) is 1. The highest BCUT2D eigenvalue weighted by Gasteiger charge is 2.20. The fourth-order valence-electron chi connectivity index (χ4n) is 2.33. The highest BCUT2D eigenvalue weighted by molar-refractivity contribution is 7.80. The number of amides is 1. The fraction of sp³-hybridized carbons (Fsp3) is 0.467. The van der Waals surface area contributed by atoms with E-state index >= 15 is 0 Å². The van der Waals surface area contributed by atoms with Gasteiger partial charge in [-0.15, -0.1) is 0 Å². The summed E-state index contributed by atoms with van der Waals surface area (Å²) in [5, 5.41) is 0. The molecule has 2 N–H and O–H groups in total. The van der Waals surface area contributed by atoms with Crippen molar-refractivity contribution in [2.75, 3.05) is 51.7 Å². The van der Waals surface area contributed by atoms with E-state index in [9.17, 15) is 4.79 Å². The van der Waals surface area contributed by atoms with Crippen LogP contribution in [0.5, 0.6) is 0 Å². The summed E-state index contributed by atoms with van der Waals surface area (Å²) in [5.41, 5.74) is 7.41. The monoisotopic (exact) mass is 306 g/mol. The van der Waals surface area contributed by atoms with Crippen LogP contribution in [-0.4, -0.2) is 67.5 Å². The molecule has 1 aromatic rings. The molecular formula is C15H22N4OS. The van der Waals surface area contributed by atoms with E-state index in [1.54, 1.807) is 0 Å². The van der Waals surface area contributed by atoms with Crippen LogP contribution in [0.3, 0.4) is 0 Å². The van der Waals surface area contributed by atoms with Crippen LogP contribution in [0, 0.1) is 0 Å². The third-order valence-electron chi connectivity index (χ3n) is 3.82. The van der Waals surface area contributed by atoms with E-state index in [1.807, 2.05) is 41.1 Å². The zero-order valence-corrected chi connectivity index (χ0v) is 13.4. The van der Waals surface area contributed by atoms with E-state index in [1.165, 1.54) is 0 Å². The minimum absolute atomic E-state index is 0.170. The van der Waals surface area contributed by atoms with Crippen LogP contribution in [0.4, 0.5) is 5.69 Å². The van der Waals surface area contributed by atoms with Crippen LogP contribution in [0.15, 0.2) is 24.3 Å². The third kappa shape index (κ3) is 4.15. The highest BCUT2D eigenvalue weighted by atomic mass is 32.1. The number of piperazine rings is 1. The molecular weight excluding hydrogens is 284 g/mol. The Balaban J connectivity index is 1.92. The Kier molecular flexibility index (Phi) is 5.14. The van der Waals surface area contributed by atoms with Crippen LogP contribution in [0.25, 0.3) is 0 Å². The number of hydrogen-bond acceptors (Lipinski definition) is 4. The van der Waals surface area contributed by atoms with E-state index in [2.05, 4.69) is 11.9 Å². The summed E-state index contributed by atoms with van der Waals surface area (Å²) in [7, 11) is 4.00. The molecule has 0 atom stereocenters. The average molecular weight is 306 g/mol. The first-order chi connectivity index (χ1) is 9.97. The molecule has 114 valence electrons. The molecule has 0 unspecified atom stereocenters. The van der Waals surface area contributed by atoms with Crippen molar-refractivity contribution in [3.8, 4) is 0 Å². The SMILES string of the molecule is CN1CCN(C(=O)CN(C)c2ccc(C(N)=S)cc2)CC1. The molecule has 1 fully saturated rings. The molecule has 0 spiro atoms. The lowest BCUT2D eigenvalue weighted by atomic mass is 10.2. The van der Waals surface area contributed by atoms with Crippen molar-refractivity contribution in [2.45, 2.75) is 0 Å². The second-order valence-electron chi connectivity index (χ2n) is 5.45. The normalized spacial score (nSPS) is 15.8. The van der Waals surface area contributed by atoms with Gasteiger partial charge < -0.3 is 20.4 Å². The predicted octanol–water partition coefficient (Wildman–Crippen LogP) is 0.531. The Labute approximate surface area is 131 Å². The first kappa shape index (κ1) is 15.7. The molecule has 1 amide bonds. The van der Waals surface area contributed by atoms with Crippen molar-refractivity contribution in [2.24, 2.45) is 5.73 Å². The number of carbonyl (C=O) groups excluding carboxylic acids is 1. The Bertz CT molecular complexity index is 509. The molecule has 1 aliphatic rings. The van der Waals surface area contributed by atoms with Crippen LogP contribution in [0.2, 0.25) is 0 Å². The number of rotatable bonds is 4. The van der Waals surface area contributed by atoms with Crippen LogP contribution in [-0.2, 0) is 4.79 Å². The zero-order valence-electron chi connectivity index (χ0n) is 12.6. The summed E-state index contributed by atoms with van der Waals surface area (Å²) >= 11 is 4.94. The maximum Gasteiger partial charge on any atom is 0.242 e. The van der Waals surface area contributed by atoms with E-state index in [0.717, 1.165) is 37.4 Å². The van der Waals surface area contributed by atoms with Crippen molar-refractivity contribution in [1.82, 2.24) is 9.80 Å². The van der Waals surface area contributed by atoms with Gasteiger partial charge in [0.05, 0.1) is 6.54 Å². The fourth-order valence-corrected chi connectivity index (χ4v) is 2.47. The average Bonchev–Trinajstić information content (AvgIpc) is 2.47. The molecule has 0 radical (unpaired) electrons. The Morgan fingerprint density at radius 2 is 1.81 bits per heavy atom. The standard InChI is InChI=1S/C15H22N4OS/c1-17-7-9-19(10-8-17)14(20)11-18(2)13-5-3-12(4-6-13)15(16)21/h3-6H,7-11H2,1-2H3,(H2,16,21). The van der Waals surface area contributed by atoms with E-state index in [-0.39, 0.29) is 5.91 Å².